The number of carbonyl (C=O) groups is 6. The summed E-state index contributed by atoms with van der Waals surface area (Å²) in [6.07, 6.45) is 7.74. The molecule has 5 fully saturated rings. The number of carbonyl (C=O) groups excluding carboxylic acids is 2. The summed E-state index contributed by atoms with van der Waals surface area (Å²) in [5.74, 6) is -3.01. The van der Waals surface area contributed by atoms with Crippen LogP contribution in [-0.4, -0.2) is 230 Å². The molecule has 2 aromatic heterocycles. The van der Waals surface area contributed by atoms with Crippen LogP contribution in [0.25, 0.3) is 28.2 Å². The Morgan fingerprint density at radius 2 is 1.24 bits per heavy atom. The van der Waals surface area contributed by atoms with Gasteiger partial charge >= 0.3 is 23.9 Å². The van der Waals surface area contributed by atoms with Crippen molar-refractivity contribution in [2.24, 2.45) is 23.7 Å². The van der Waals surface area contributed by atoms with Crippen molar-refractivity contribution in [2.75, 3.05) is 119 Å². The number of hydrogen-bond donors (Lipinski definition) is 6. The summed E-state index contributed by atoms with van der Waals surface area (Å²) in [7, 11) is 5.16. The number of hydrogen-bond acceptors (Lipinski definition) is 16. The Bertz CT molecular complexity index is 2800. The van der Waals surface area contributed by atoms with E-state index in [1.54, 1.807) is 39.7 Å². The first-order valence-electron chi connectivity index (χ1n) is 28.3. The molecule has 1 saturated heterocycles. The van der Waals surface area contributed by atoms with Crippen LogP contribution in [0.15, 0.2) is 48.7 Å². The zero-order chi connectivity index (χ0) is 58.0. The van der Waals surface area contributed by atoms with E-state index in [4.69, 9.17) is 14.6 Å². The third kappa shape index (κ3) is 15.9. The van der Waals surface area contributed by atoms with Crippen molar-refractivity contribution >= 4 is 35.7 Å². The number of methoxy groups -OCH3 is 2. The number of aryl methyl sites for hydroxylation is 1. The maximum atomic E-state index is 14.5. The largest absolute Gasteiger partial charge is 0.496 e. The maximum Gasteiger partial charge on any atom is 0.330 e. The van der Waals surface area contributed by atoms with Crippen LogP contribution in [0.1, 0.15) is 80.8 Å². The first-order valence-corrected chi connectivity index (χ1v) is 28.3. The first-order chi connectivity index (χ1) is 38.8. The van der Waals surface area contributed by atoms with Crippen molar-refractivity contribution in [1.82, 2.24) is 59.9 Å². The van der Waals surface area contributed by atoms with E-state index in [0.717, 1.165) is 62.7 Å². The van der Waals surface area contributed by atoms with Crippen LogP contribution >= 0.6 is 0 Å². The molecule has 5 aliphatic rings. The summed E-state index contributed by atoms with van der Waals surface area (Å²) in [4.78, 5) is 85.1. The Balaban J connectivity index is 0.00000968. The predicted molar refractivity (Wildman–Crippen MR) is 298 cm³/mol. The molecule has 4 aromatic rings. The van der Waals surface area contributed by atoms with E-state index in [0.29, 0.717) is 118 Å². The van der Waals surface area contributed by atoms with E-state index in [-0.39, 0.29) is 92.4 Å². The minimum atomic E-state index is -1.36. The molecule has 3 heterocycles. The van der Waals surface area contributed by atoms with Gasteiger partial charge in [0.25, 0.3) is 5.91 Å². The van der Waals surface area contributed by atoms with Crippen LogP contribution in [0.5, 0.6) is 11.5 Å². The molecule has 0 atom stereocenters. The van der Waals surface area contributed by atoms with Gasteiger partial charge < -0.3 is 45.4 Å². The maximum absolute atomic E-state index is 14.5. The van der Waals surface area contributed by atoms with E-state index in [9.17, 15) is 49.2 Å². The topological polar surface area (TPSA) is 291 Å². The van der Waals surface area contributed by atoms with Crippen molar-refractivity contribution < 1.29 is 95.5 Å². The van der Waals surface area contributed by atoms with Gasteiger partial charge in [0.05, 0.1) is 63.5 Å². The summed E-state index contributed by atoms with van der Waals surface area (Å²) in [6.45, 7) is 8.60. The normalized spacial score (nSPS) is 21.8. The molecule has 455 valence electrons. The fourth-order valence-electron chi connectivity index (χ4n) is 12.9. The number of aromatic nitrogens is 5. The first kappa shape index (κ1) is 63.8. The van der Waals surface area contributed by atoms with E-state index >= 15 is 0 Å². The molecule has 4 aliphatic carbocycles. The summed E-state index contributed by atoms with van der Waals surface area (Å²) >= 11 is 0. The van der Waals surface area contributed by atoms with Crippen LogP contribution in [0.3, 0.4) is 0 Å². The molecule has 0 spiro atoms. The molecule has 2 aromatic carbocycles. The summed E-state index contributed by atoms with van der Waals surface area (Å²) in [5.41, 5.74) is 3.00. The number of rotatable bonds is 25. The van der Waals surface area contributed by atoms with Crippen LogP contribution in [0, 0.1) is 60.5 Å². The molecule has 0 unspecified atom stereocenters. The average Bonchev–Trinajstić information content (AvgIpc) is 2.58. The number of benzene rings is 2. The number of amides is 2. The van der Waals surface area contributed by atoms with Gasteiger partial charge in [0, 0.05) is 108 Å². The van der Waals surface area contributed by atoms with E-state index in [1.165, 1.54) is 0 Å². The molecule has 2 amide bonds. The SMILES string of the molecule is COc1cccc(OC)c1-c1cc(C(=O)NC2(C(=O)O)C3CC4CC(C3)CC2C4)nn1-c1ccc(-c2cn(CCCN(C)CCCNC(=O)CN3CCN(CC(=O)O)CCN(CC(=O)O)CCN(CC(=O)O)CC3)nn2)cc1C(C)C.[177Lu]. The molecule has 24 nitrogen and oxygen atoms in total. The minimum absolute atomic E-state index is 0. The summed E-state index contributed by atoms with van der Waals surface area (Å²) < 4.78 is 15.3. The van der Waals surface area contributed by atoms with Gasteiger partial charge in [0.2, 0.25) is 5.91 Å². The Labute approximate surface area is 507 Å². The van der Waals surface area contributed by atoms with Gasteiger partial charge in [-0.05, 0) is 131 Å². The van der Waals surface area contributed by atoms with Gasteiger partial charge in [-0.3, -0.25) is 48.3 Å². The van der Waals surface area contributed by atoms with Gasteiger partial charge in [-0.15, -0.1) is 5.10 Å². The molecular formula is C57H80LuN12O12. The Morgan fingerprint density at radius 1 is 0.720 bits per heavy atom. The van der Waals surface area contributed by atoms with Gasteiger partial charge in [0.1, 0.15) is 22.7 Å². The van der Waals surface area contributed by atoms with Crippen molar-refractivity contribution in [1.29, 1.82) is 0 Å². The molecule has 1 radical (unpaired) electrons. The zero-order valence-electron chi connectivity index (χ0n) is 47.6. The monoisotopic (exact) mass is 1300 g/mol. The third-order valence-electron chi connectivity index (χ3n) is 16.8. The van der Waals surface area contributed by atoms with Crippen molar-refractivity contribution in [3.63, 3.8) is 0 Å². The van der Waals surface area contributed by atoms with Gasteiger partial charge in [-0.1, -0.05) is 31.2 Å². The quantitative estimate of drug-likeness (QED) is 0.0519. The molecule has 6 N–H and O–H groups in total. The average molecular weight is 1300 g/mol. The van der Waals surface area contributed by atoms with Crippen LogP contribution in [0.2, 0.25) is 0 Å². The molecule has 4 bridgehead atoms. The number of carboxylic acid groups (broad SMARTS) is 4. The van der Waals surface area contributed by atoms with E-state index in [1.807, 2.05) is 53.2 Å². The van der Waals surface area contributed by atoms with Crippen molar-refractivity contribution in [3.05, 3.63) is 59.9 Å². The van der Waals surface area contributed by atoms with E-state index in [2.05, 4.69) is 45.8 Å². The van der Waals surface area contributed by atoms with E-state index < -0.39 is 35.3 Å². The van der Waals surface area contributed by atoms with Crippen molar-refractivity contribution in [2.45, 2.75) is 76.8 Å². The summed E-state index contributed by atoms with van der Waals surface area (Å²) in [6, 6.07) is 13.1. The smallest absolute Gasteiger partial charge is 0.330 e. The second-order valence-electron chi connectivity index (χ2n) is 22.7. The van der Waals surface area contributed by atoms with Crippen LogP contribution in [-0.2, 0) is 30.5 Å². The Hall–Kier alpha value is -5.76. The fraction of sp³-hybridized carbons (Fsp3) is 0.596. The standard InChI is InChI=1S/C57H80N12O12.Lu/c1-37(2)43-30-40(11-12-46(43)69-47(54-48(80-4)9-6-10-49(54)81-5)31-44(61-69)55(77)59-57(56(78)79)41-26-38-25-39(28-41)29-42(57)27-38)45-32-68(62-60-45)16-8-15-63(3)14-7-13-58-50(70)33-64-17-19-65(34-51(71)72)21-23-67(36-53(75)76)24-22-66(20-18-64)35-52(73)74;/h6,9-12,30-32,37-39,41-42H,7-8,13-29,33-36H2,1-5H3,(H,58,70)(H,59,77)(H,71,72)(H,73,74)(H,75,76)(H,78,79);/i;1+2. The zero-order valence-corrected chi connectivity index (χ0v) is 49.2. The second kappa shape index (κ2) is 29.2. The van der Waals surface area contributed by atoms with Crippen molar-refractivity contribution in [3.8, 4) is 39.7 Å². The number of nitrogens with one attached hydrogen (secondary N) is 2. The fourth-order valence-corrected chi connectivity index (χ4v) is 12.9. The molecule has 25 heteroatoms. The van der Waals surface area contributed by atoms with Crippen LogP contribution < -0.4 is 20.1 Å². The molecule has 1 aliphatic heterocycles. The Kier molecular flexibility index (Phi) is 22.7. The van der Waals surface area contributed by atoms with Crippen LogP contribution in [0.4, 0.5) is 0 Å². The number of ether oxygens (including phenoxy) is 2. The predicted octanol–water partition coefficient (Wildman–Crippen LogP) is 3.25. The molecule has 4 saturated carbocycles. The van der Waals surface area contributed by atoms with Gasteiger partial charge in [-0.25, -0.2) is 9.48 Å². The number of carboxylic acids is 4. The molecule has 82 heavy (non-hydrogen) atoms. The number of nitrogens with zero attached hydrogens (tertiary/aromatic N) is 10. The summed E-state index contributed by atoms with van der Waals surface area (Å²) in [5, 5.41) is 59.4. The third-order valence-corrected chi connectivity index (χ3v) is 16.8. The van der Waals surface area contributed by atoms with Gasteiger partial charge in [0.15, 0.2) is 5.69 Å². The second-order valence-corrected chi connectivity index (χ2v) is 22.7. The minimum Gasteiger partial charge on any atom is -0.496 e. The number of aliphatic carboxylic acids is 4. The Morgan fingerprint density at radius 3 is 1.74 bits per heavy atom. The molecular weight excluding hydrogens is 1220 g/mol. The molecule has 9 rings (SSSR count). The van der Waals surface area contributed by atoms with Gasteiger partial charge in [-0.2, -0.15) is 5.10 Å².